The molecular formula is C18H17F3O3. The number of methoxy groups -OCH3 is 3. The molecule has 6 heteroatoms. The monoisotopic (exact) mass is 338 g/mol. The summed E-state index contributed by atoms with van der Waals surface area (Å²) in [5.74, 6) is 1.40. The Hall–Kier alpha value is -2.63. The molecule has 0 saturated carbocycles. The summed E-state index contributed by atoms with van der Waals surface area (Å²) in [5.41, 5.74) is -0.0466. The number of hydrogen-bond donors (Lipinski definition) is 0. The van der Waals surface area contributed by atoms with Gasteiger partial charge in [-0.25, -0.2) is 0 Å². The Bertz CT molecular complexity index is 737. The van der Waals surface area contributed by atoms with Gasteiger partial charge in [0, 0.05) is 11.6 Å². The third-order valence-electron chi connectivity index (χ3n) is 3.44. The van der Waals surface area contributed by atoms with Crippen molar-refractivity contribution in [1.29, 1.82) is 0 Å². The Kier molecular flexibility index (Phi) is 5.39. The number of alkyl halides is 3. The van der Waals surface area contributed by atoms with E-state index in [1.165, 1.54) is 39.5 Å². The predicted octanol–water partition coefficient (Wildman–Crippen LogP) is 4.90. The van der Waals surface area contributed by atoms with Crippen molar-refractivity contribution in [2.75, 3.05) is 21.3 Å². The third kappa shape index (κ3) is 3.82. The average Bonchev–Trinajstić information content (AvgIpc) is 2.58. The molecule has 0 amide bonds. The van der Waals surface area contributed by atoms with E-state index in [1.54, 1.807) is 24.3 Å². The Morgan fingerprint density at radius 2 is 1.29 bits per heavy atom. The maximum absolute atomic E-state index is 13.0. The van der Waals surface area contributed by atoms with Gasteiger partial charge in [-0.15, -0.1) is 0 Å². The molecule has 0 N–H and O–H groups in total. The fourth-order valence-electron chi connectivity index (χ4n) is 2.26. The molecular weight excluding hydrogens is 321 g/mol. The minimum Gasteiger partial charge on any atom is -0.496 e. The van der Waals surface area contributed by atoms with Crippen LogP contribution in [-0.4, -0.2) is 21.3 Å². The van der Waals surface area contributed by atoms with Gasteiger partial charge in [-0.3, -0.25) is 0 Å². The van der Waals surface area contributed by atoms with Gasteiger partial charge >= 0.3 is 6.18 Å². The van der Waals surface area contributed by atoms with Crippen molar-refractivity contribution in [3.63, 3.8) is 0 Å². The van der Waals surface area contributed by atoms with Gasteiger partial charge in [0.25, 0.3) is 0 Å². The Morgan fingerprint density at radius 3 is 1.88 bits per heavy atom. The summed E-state index contributed by atoms with van der Waals surface area (Å²) in [6.45, 7) is 0. The zero-order valence-electron chi connectivity index (χ0n) is 13.5. The minimum absolute atomic E-state index is 0.0711. The molecule has 0 spiro atoms. The summed E-state index contributed by atoms with van der Waals surface area (Å²) >= 11 is 0. The highest BCUT2D eigenvalue weighted by molar-refractivity contribution is 5.75. The van der Waals surface area contributed by atoms with Crippen LogP contribution >= 0.6 is 0 Å². The molecule has 0 radical (unpaired) electrons. The number of ether oxygens (including phenoxy) is 3. The quantitative estimate of drug-likeness (QED) is 0.726. The number of benzene rings is 2. The Balaban J connectivity index is 2.46. The van der Waals surface area contributed by atoms with Crippen LogP contribution in [0, 0.1) is 0 Å². The molecule has 2 aromatic rings. The van der Waals surface area contributed by atoms with Crippen LogP contribution in [0.2, 0.25) is 0 Å². The van der Waals surface area contributed by atoms with Crippen molar-refractivity contribution < 1.29 is 27.4 Å². The summed E-state index contributed by atoms with van der Waals surface area (Å²) in [6, 6.07) is 8.63. The highest BCUT2D eigenvalue weighted by atomic mass is 19.4. The van der Waals surface area contributed by atoms with Gasteiger partial charge in [0.05, 0.1) is 26.9 Å². The van der Waals surface area contributed by atoms with Gasteiger partial charge < -0.3 is 14.2 Å². The topological polar surface area (TPSA) is 27.7 Å². The van der Waals surface area contributed by atoms with Crippen LogP contribution in [0.25, 0.3) is 12.2 Å². The molecule has 2 rings (SSSR count). The molecule has 24 heavy (non-hydrogen) atoms. The molecule has 0 aliphatic heterocycles. The number of rotatable bonds is 5. The van der Waals surface area contributed by atoms with E-state index >= 15 is 0 Å². The summed E-state index contributed by atoms with van der Waals surface area (Å²) in [6.07, 6.45) is -1.47. The first-order chi connectivity index (χ1) is 11.4. The van der Waals surface area contributed by atoms with Crippen molar-refractivity contribution in [2.24, 2.45) is 0 Å². The predicted molar refractivity (Wildman–Crippen MR) is 86.5 cm³/mol. The lowest BCUT2D eigenvalue weighted by Gasteiger charge is -2.13. The van der Waals surface area contributed by atoms with Gasteiger partial charge in [0.2, 0.25) is 0 Å². The molecule has 0 atom stereocenters. The van der Waals surface area contributed by atoms with E-state index in [-0.39, 0.29) is 5.56 Å². The first-order valence-corrected chi connectivity index (χ1v) is 7.05. The van der Waals surface area contributed by atoms with Gasteiger partial charge in [-0.2, -0.15) is 13.2 Å². The summed E-state index contributed by atoms with van der Waals surface area (Å²) in [4.78, 5) is 0. The van der Waals surface area contributed by atoms with Crippen LogP contribution < -0.4 is 14.2 Å². The smallest absolute Gasteiger partial charge is 0.416 e. The fraction of sp³-hybridized carbons (Fsp3) is 0.222. The summed E-state index contributed by atoms with van der Waals surface area (Å²) in [5, 5.41) is 0. The van der Waals surface area contributed by atoms with Crippen LogP contribution in [0.4, 0.5) is 13.2 Å². The number of halogens is 3. The molecule has 0 fully saturated rings. The van der Waals surface area contributed by atoms with E-state index in [4.69, 9.17) is 14.2 Å². The molecule has 0 unspecified atom stereocenters. The molecule has 0 aliphatic rings. The van der Waals surface area contributed by atoms with Gasteiger partial charge in [-0.1, -0.05) is 30.4 Å². The van der Waals surface area contributed by atoms with E-state index < -0.39 is 11.7 Å². The standard InChI is InChI=1S/C18H17F3O3/c1-22-15-11-17(24-3)16(23-2)10-13(15)9-8-12-6-4-5-7-14(12)18(19,20)21/h4-11H,1-3H3. The van der Waals surface area contributed by atoms with E-state index in [1.807, 2.05) is 0 Å². The van der Waals surface area contributed by atoms with E-state index in [9.17, 15) is 13.2 Å². The van der Waals surface area contributed by atoms with Crippen LogP contribution in [0.5, 0.6) is 17.2 Å². The molecule has 3 nitrogen and oxygen atoms in total. The maximum Gasteiger partial charge on any atom is 0.416 e. The van der Waals surface area contributed by atoms with Gasteiger partial charge in [0.15, 0.2) is 11.5 Å². The van der Waals surface area contributed by atoms with Crippen molar-refractivity contribution in [2.45, 2.75) is 6.18 Å². The van der Waals surface area contributed by atoms with Gasteiger partial charge in [0.1, 0.15) is 5.75 Å². The largest absolute Gasteiger partial charge is 0.496 e. The highest BCUT2D eigenvalue weighted by Crippen LogP contribution is 2.36. The normalized spacial score (nSPS) is 11.6. The molecule has 0 bridgehead atoms. The van der Waals surface area contributed by atoms with Crippen LogP contribution in [0.1, 0.15) is 16.7 Å². The zero-order valence-corrected chi connectivity index (χ0v) is 13.5. The average molecular weight is 338 g/mol. The molecule has 2 aromatic carbocycles. The van der Waals surface area contributed by atoms with Crippen molar-refractivity contribution in [3.05, 3.63) is 53.1 Å². The summed E-state index contributed by atoms with van der Waals surface area (Å²) in [7, 11) is 4.45. The minimum atomic E-state index is -4.41. The Labute approximate surface area is 138 Å². The molecule has 0 aliphatic carbocycles. The lowest BCUT2D eigenvalue weighted by Crippen LogP contribution is -2.06. The van der Waals surface area contributed by atoms with E-state index in [0.717, 1.165) is 6.07 Å². The second kappa shape index (κ2) is 7.29. The van der Waals surface area contributed by atoms with E-state index in [2.05, 4.69) is 0 Å². The van der Waals surface area contributed by atoms with Crippen LogP contribution in [0.15, 0.2) is 36.4 Å². The second-order valence-corrected chi connectivity index (χ2v) is 4.87. The molecule has 0 heterocycles. The molecule has 128 valence electrons. The Morgan fingerprint density at radius 1 is 0.750 bits per heavy atom. The first-order valence-electron chi connectivity index (χ1n) is 7.05. The fourth-order valence-corrected chi connectivity index (χ4v) is 2.26. The zero-order chi connectivity index (χ0) is 17.7. The second-order valence-electron chi connectivity index (χ2n) is 4.87. The maximum atomic E-state index is 13.0. The van der Waals surface area contributed by atoms with Crippen molar-refractivity contribution >= 4 is 12.2 Å². The first kappa shape index (κ1) is 17.7. The summed E-state index contributed by atoms with van der Waals surface area (Å²) < 4.78 is 54.8. The van der Waals surface area contributed by atoms with Crippen molar-refractivity contribution in [3.8, 4) is 17.2 Å². The molecule has 0 saturated heterocycles. The van der Waals surface area contributed by atoms with Crippen LogP contribution in [0.3, 0.4) is 0 Å². The SMILES string of the molecule is COc1cc(OC)c(OC)cc1C=Cc1ccccc1C(F)(F)F. The lowest BCUT2D eigenvalue weighted by atomic mass is 10.0. The van der Waals surface area contributed by atoms with E-state index in [0.29, 0.717) is 22.8 Å². The van der Waals surface area contributed by atoms with Crippen LogP contribution in [-0.2, 0) is 6.18 Å². The lowest BCUT2D eigenvalue weighted by molar-refractivity contribution is -0.137. The van der Waals surface area contributed by atoms with Crippen molar-refractivity contribution in [1.82, 2.24) is 0 Å². The number of hydrogen-bond acceptors (Lipinski definition) is 3. The molecule has 0 aromatic heterocycles. The van der Waals surface area contributed by atoms with Gasteiger partial charge in [-0.05, 0) is 17.7 Å². The third-order valence-corrected chi connectivity index (χ3v) is 3.44. The highest BCUT2D eigenvalue weighted by Gasteiger charge is 2.32.